The van der Waals surface area contributed by atoms with Crippen molar-refractivity contribution in [1.82, 2.24) is 25.2 Å². The van der Waals surface area contributed by atoms with Crippen LogP contribution in [0.4, 0.5) is 0 Å². The van der Waals surface area contributed by atoms with Gasteiger partial charge in [-0.25, -0.2) is 18.1 Å². The summed E-state index contributed by atoms with van der Waals surface area (Å²) in [4.78, 5) is 7.96. The summed E-state index contributed by atoms with van der Waals surface area (Å²) in [6.07, 6.45) is 1.89. The van der Waals surface area contributed by atoms with Gasteiger partial charge in [-0.15, -0.1) is 0 Å². The molecule has 114 valence electrons. The minimum atomic E-state index is -3.62. The molecular weight excluding hydrogens is 294 g/mol. The largest absolute Gasteiger partial charge is 0.340 e. The summed E-state index contributed by atoms with van der Waals surface area (Å²) in [5, 5.41) is 6.66. The first-order chi connectivity index (χ1) is 10.0. The predicted molar refractivity (Wildman–Crippen MR) is 74.9 cm³/mol. The Morgan fingerprint density at radius 2 is 2.14 bits per heavy atom. The van der Waals surface area contributed by atoms with E-state index in [0.29, 0.717) is 24.7 Å². The van der Waals surface area contributed by atoms with Crippen molar-refractivity contribution in [2.24, 2.45) is 0 Å². The monoisotopic (exact) mass is 311 g/mol. The number of hydrogen-bond donors (Lipinski definition) is 2. The molecule has 0 amide bonds. The van der Waals surface area contributed by atoms with Gasteiger partial charge in [0, 0.05) is 32.6 Å². The molecule has 21 heavy (non-hydrogen) atoms. The van der Waals surface area contributed by atoms with Gasteiger partial charge in [0.2, 0.25) is 5.89 Å². The Labute approximate surface area is 123 Å². The van der Waals surface area contributed by atoms with Gasteiger partial charge in [0.05, 0.1) is 0 Å². The van der Waals surface area contributed by atoms with Crippen LogP contribution in [0.25, 0.3) is 0 Å². The molecule has 0 fully saturated rings. The lowest BCUT2D eigenvalue weighted by atomic mass is 10.3. The lowest BCUT2D eigenvalue weighted by Crippen LogP contribution is -2.27. The summed E-state index contributed by atoms with van der Waals surface area (Å²) in [5.74, 6) is 0.919. The van der Waals surface area contributed by atoms with Crippen LogP contribution in [0.1, 0.15) is 17.3 Å². The van der Waals surface area contributed by atoms with E-state index in [9.17, 15) is 8.42 Å². The summed E-state index contributed by atoms with van der Waals surface area (Å²) < 4.78 is 31.4. The molecule has 2 heterocycles. The molecule has 0 unspecified atom stereocenters. The van der Waals surface area contributed by atoms with Crippen LogP contribution in [0.3, 0.4) is 0 Å². The minimum Gasteiger partial charge on any atom is -0.340 e. The first kappa shape index (κ1) is 15.5. The van der Waals surface area contributed by atoms with Crippen LogP contribution in [0, 0.1) is 6.92 Å². The van der Waals surface area contributed by atoms with Crippen LogP contribution in [0.5, 0.6) is 0 Å². The molecule has 0 aliphatic rings. The summed E-state index contributed by atoms with van der Waals surface area (Å²) >= 11 is 0. The van der Waals surface area contributed by atoms with Crippen LogP contribution >= 0.6 is 0 Å². The van der Waals surface area contributed by atoms with E-state index in [1.165, 1.54) is 12.3 Å². The zero-order valence-electron chi connectivity index (χ0n) is 11.8. The smallest absolute Gasteiger partial charge is 0.258 e. The molecule has 2 rings (SSSR count). The van der Waals surface area contributed by atoms with E-state index in [-0.39, 0.29) is 11.6 Å². The number of nitrogens with one attached hydrogen (secondary N) is 2. The van der Waals surface area contributed by atoms with E-state index in [1.54, 1.807) is 13.0 Å². The maximum atomic E-state index is 12.0. The molecule has 0 saturated heterocycles. The molecule has 9 heteroatoms. The number of sulfonamides is 1. The van der Waals surface area contributed by atoms with Crippen LogP contribution in [-0.4, -0.2) is 37.1 Å². The van der Waals surface area contributed by atoms with Gasteiger partial charge >= 0.3 is 0 Å². The van der Waals surface area contributed by atoms with E-state index in [4.69, 9.17) is 4.52 Å². The van der Waals surface area contributed by atoms with Crippen molar-refractivity contribution in [1.29, 1.82) is 0 Å². The van der Waals surface area contributed by atoms with Crippen molar-refractivity contribution in [2.45, 2.75) is 24.9 Å². The average molecular weight is 311 g/mol. The maximum absolute atomic E-state index is 12.0. The molecule has 0 bridgehead atoms. The van der Waals surface area contributed by atoms with Gasteiger partial charge in [0.25, 0.3) is 10.0 Å². The Morgan fingerprint density at radius 1 is 1.33 bits per heavy atom. The zero-order valence-corrected chi connectivity index (χ0v) is 12.6. The second-order valence-electron chi connectivity index (χ2n) is 4.41. The summed E-state index contributed by atoms with van der Waals surface area (Å²) in [6, 6.07) is 3.20. The number of hydrogen-bond acceptors (Lipinski definition) is 7. The molecule has 2 aromatic heterocycles. The SMILES string of the molecule is CNCc1ccc(S(=O)(=O)NCCc2noc(C)n2)nc1. The highest BCUT2D eigenvalue weighted by Gasteiger charge is 2.15. The molecule has 2 N–H and O–H groups in total. The van der Waals surface area contributed by atoms with Crippen LogP contribution in [0.15, 0.2) is 27.9 Å². The van der Waals surface area contributed by atoms with Gasteiger partial charge in [-0.05, 0) is 18.7 Å². The quantitative estimate of drug-likeness (QED) is 0.741. The Bertz CT molecular complexity index is 681. The van der Waals surface area contributed by atoms with Gasteiger partial charge in [0.15, 0.2) is 10.9 Å². The molecule has 0 aliphatic heterocycles. The van der Waals surface area contributed by atoms with Crippen molar-refractivity contribution >= 4 is 10.0 Å². The van der Waals surface area contributed by atoms with Crippen molar-refractivity contribution < 1.29 is 12.9 Å². The summed E-state index contributed by atoms with van der Waals surface area (Å²) in [6.45, 7) is 2.50. The van der Waals surface area contributed by atoms with Crippen molar-refractivity contribution in [2.75, 3.05) is 13.6 Å². The molecule has 8 nitrogen and oxygen atoms in total. The van der Waals surface area contributed by atoms with E-state index in [0.717, 1.165) is 5.56 Å². The number of aromatic nitrogens is 3. The Morgan fingerprint density at radius 3 is 2.71 bits per heavy atom. The van der Waals surface area contributed by atoms with E-state index < -0.39 is 10.0 Å². The number of aryl methyl sites for hydroxylation is 1. The van der Waals surface area contributed by atoms with Gasteiger partial charge in [-0.1, -0.05) is 11.2 Å². The molecule has 2 aromatic rings. The highest BCUT2D eigenvalue weighted by molar-refractivity contribution is 7.89. The third-order valence-corrected chi connectivity index (χ3v) is 4.04. The molecule has 0 aliphatic carbocycles. The highest BCUT2D eigenvalue weighted by Crippen LogP contribution is 2.06. The van der Waals surface area contributed by atoms with Crippen molar-refractivity contribution in [3.63, 3.8) is 0 Å². The minimum absolute atomic E-state index is 0.00774. The molecule has 0 spiro atoms. The molecule has 0 aromatic carbocycles. The number of pyridine rings is 1. The number of nitrogens with zero attached hydrogens (tertiary/aromatic N) is 3. The van der Waals surface area contributed by atoms with E-state index in [1.807, 2.05) is 7.05 Å². The van der Waals surface area contributed by atoms with Crippen molar-refractivity contribution in [3.05, 3.63) is 35.6 Å². The second kappa shape index (κ2) is 6.74. The standard InChI is InChI=1S/C12H17N5O3S/c1-9-16-11(17-20-9)5-6-15-21(18,19)12-4-3-10(7-13-2)8-14-12/h3-4,8,13,15H,5-7H2,1-2H3. The zero-order chi connectivity index (χ0) is 15.3. The Balaban J connectivity index is 1.94. The third-order valence-electron chi connectivity index (χ3n) is 2.66. The summed E-state index contributed by atoms with van der Waals surface area (Å²) in [7, 11) is -1.81. The lowest BCUT2D eigenvalue weighted by Gasteiger charge is -2.05. The first-order valence-electron chi connectivity index (χ1n) is 6.39. The van der Waals surface area contributed by atoms with Gasteiger partial charge in [-0.2, -0.15) is 4.98 Å². The lowest BCUT2D eigenvalue weighted by molar-refractivity contribution is 0.387. The Kier molecular flexibility index (Phi) is 4.99. The van der Waals surface area contributed by atoms with Crippen LogP contribution < -0.4 is 10.0 Å². The second-order valence-corrected chi connectivity index (χ2v) is 6.13. The molecule has 0 saturated carbocycles. The third kappa shape index (κ3) is 4.31. The molecular formula is C12H17N5O3S. The van der Waals surface area contributed by atoms with Gasteiger partial charge in [-0.3, -0.25) is 0 Å². The van der Waals surface area contributed by atoms with E-state index in [2.05, 4.69) is 25.2 Å². The number of rotatable bonds is 7. The predicted octanol–water partition coefficient (Wildman–Crippen LogP) is 0.0134. The van der Waals surface area contributed by atoms with Crippen molar-refractivity contribution in [3.8, 4) is 0 Å². The average Bonchev–Trinajstić information content (AvgIpc) is 2.85. The maximum Gasteiger partial charge on any atom is 0.258 e. The van der Waals surface area contributed by atoms with Gasteiger partial charge in [0.1, 0.15) is 0 Å². The van der Waals surface area contributed by atoms with Gasteiger partial charge < -0.3 is 9.84 Å². The van der Waals surface area contributed by atoms with Crippen LogP contribution in [0.2, 0.25) is 0 Å². The fourth-order valence-corrected chi connectivity index (χ4v) is 2.65. The van der Waals surface area contributed by atoms with E-state index >= 15 is 0 Å². The normalized spacial score (nSPS) is 11.7. The summed E-state index contributed by atoms with van der Waals surface area (Å²) in [5.41, 5.74) is 0.915. The molecule has 0 radical (unpaired) electrons. The Hall–Kier alpha value is -1.84. The first-order valence-corrected chi connectivity index (χ1v) is 7.88. The highest BCUT2D eigenvalue weighted by atomic mass is 32.2. The fourth-order valence-electron chi connectivity index (χ4n) is 1.69. The molecule has 0 atom stereocenters. The topological polar surface area (TPSA) is 110 Å². The van der Waals surface area contributed by atoms with Crippen LogP contribution in [-0.2, 0) is 23.0 Å². The fraction of sp³-hybridized carbons (Fsp3) is 0.417.